The standard InChI is InChI=1S/C22H16ClN3O2S2/c1-13-19(30-22(24-13)15-10-11-29-12-15)21(28)26-18-5-3-2-4-17(18)25-20(27)14-6-8-16(23)9-7-14/h2-12H,1H3,(H,25,27)(H,26,28). The third kappa shape index (κ3) is 4.43. The zero-order chi connectivity index (χ0) is 21.1. The first-order chi connectivity index (χ1) is 14.5. The average molecular weight is 454 g/mol. The first kappa shape index (κ1) is 20.3. The van der Waals surface area contributed by atoms with Gasteiger partial charge in [0.15, 0.2) is 0 Å². The minimum atomic E-state index is -0.290. The molecular formula is C22H16ClN3O2S2. The van der Waals surface area contributed by atoms with Crippen molar-refractivity contribution in [1.82, 2.24) is 4.98 Å². The van der Waals surface area contributed by atoms with Gasteiger partial charge in [-0.3, -0.25) is 9.59 Å². The number of aryl methyl sites for hydroxylation is 1. The van der Waals surface area contributed by atoms with Gasteiger partial charge in [-0.05, 0) is 54.8 Å². The lowest BCUT2D eigenvalue weighted by atomic mass is 10.2. The fraction of sp³-hybridized carbons (Fsp3) is 0.0455. The van der Waals surface area contributed by atoms with Gasteiger partial charge < -0.3 is 10.6 Å². The highest BCUT2D eigenvalue weighted by Gasteiger charge is 2.18. The van der Waals surface area contributed by atoms with Crippen LogP contribution in [0.1, 0.15) is 25.7 Å². The Labute approximate surface area is 186 Å². The van der Waals surface area contributed by atoms with Crippen LogP contribution in [-0.2, 0) is 0 Å². The zero-order valence-electron chi connectivity index (χ0n) is 15.8. The van der Waals surface area contributed by atoms with Crippen LogP contribution >= 0.6 is 34.3 Å². The van der Waals surface area contributed by atoms with E-state index >= 15 is 0 Å². The molecule has 150 valence electrons. The molecule has 0 saturated carbocycles. The molecule has 30 heavy (non-hydrogen) atoms. The molecule has 4 rings (SSSR count). The summed E-state index contributed by atoms with van der Waals surface area (Å²) in [5.74, 6) is -0.554. The topological polar surface area (TPSA) is 71.1 Å². The van der Waals surface area contributed by atoms with Gasteiger partial charge in [-0.15, -0.1) is 11.3 Å². The third-order valence-electron chi connectivity index (χ3n) is 4.30. The Morgan fingerprint density at radius 3 is 2.23 bits per heavy atom. The molecule has 0 aliphatic rings. The fourth-order valence-electron chi connectivity index (χ4n) is 2.79. The van der Waals surface area contributed by atoms with Crippen LogP contribution in [0.5, 0.6) is 0 Å². The quantitative estimate of drug-likeness (QED) is 0.370. The molecule has 2 amide bonds. The molecule has 0 fully saturated rings. The predicted octanol–water partition coefficient (Wildman–Crippen LogP) is 6.34. The number of anilines is 2. The van der Waals surface area contributed by atoms with Crippen molar-refractivity contribution in [1.29, 1.82) is 0 Å². The molecular weight excluding hydrogens is 438 g/mol. The number of benzene rings is 2. The predicted molar refractivity (Wildman–Crippen MR) is 124 cm³/mol. The van der Waals surface area contributed by atoms with Crippen LogP contribution in [-0.4, -0.2) is 16.8 Å². The Balaban J connectivity index is 1.54. The van der Waals surface area contributed by atoms with Crippen molar-refractivity contribution in [2.45, 2.75) is 6.92 Å². The largest absolute Gasteiger partial charge is 0.320 e. The van der Waals surface area contributed by atoms with E-state index in [2.05, 4.69) is 15.6 Å². The van der Waals surface area contributed by atoms with Crippen molar-refractivity contribution in [3.8, 4) is 10.6 Å². The number of para-hydroxylation sites is 2. The van der Waals surface area contributed by atoms with E-state index in [9.17, 15) is 9.59 Å². The van der Waals surface area contributed by atoms with Crippen molar-refractivity contribution in [3.63, 3.8) is 0 Å². The van der Waals surface area contributed by atoms with Gasteiger partial charge in [-0.25, -0.2) is 4.98 Å². The van der Waals surface area contributed by atoms with Crippen molar-refractivity contribution < 1.29 is 9.59 Å². The van der Waals surface area contributed by atoms with E-state index in [0.29, 0.717) is 32.5 Å². The van der Waals surface area contributed by atoms with E-state index in [1.165, 1.54) is 11.3 Å². The van der Waals surface area contributed by atoms with E-state index in [4.69, 9.17) is 11.6 Å². The highest BCUT2D eigenvalue weighted by atomic mass is 35.5. The molecule has 5 nitrogen and oxygen atoms in total. The van der Waals surface area contributed by atoms with Gasteiger partial charge in [-0.2, -0.15) is 11.3 Å². The highest BCUT2D eigenvalue weighted by molar-refractivity contribution is 7.17. The van der Waals surface area contributed by atoms with Crippen LogP contribution in [0.4, 0.5) is 11.4 Å². The van der Waals surface area contributed by atoms with Crippen LogP contribution < -0.4 is 10.6 Å². The molecule has 0 atom stereocenters. The van der Waals surface area contributed by atoms with Crippen LogP contribution in [0.2, 0.25) is 5.02 Å². The number of amides is 2. The maximum absolute atomic E-state index is 12.9. The average Bonchev–Trinajstić information content (AvgIpc) is 3.39. The Bertz CT molecular complexity index is 1200. The maximum atomic E-state index is 12.9. The van der Waals surface area contributed by atoms with E-state index in [0.717, 1.165) is 10.6 Å². The molecule has 8 heteroatoms. The SMILES string of the molecule is Cc1nc(-c2ccsc2)sc1C(=O)Nc1ccccc1NC(=O)c1ccc(Cl)cc1. The van der Waals surface area contributed by atoms with Gasteiger partial charge in [0.05, 0.1) is 17.1 Å². The Morgan fingerprint density at radius 2 is 1.60 bits per heavy atom. The minimum Gasteiger partial charge on any atom is -0.320 e. The molecule has 0 spiro atoms. The number of hydrogen-bond acceptors (Lipinski definition) is 5. The monoisotopic (exact) mass is 453 g/mol. The Morgan fingerprint density at radius 1 is 0.933 bits per heavy atom. The first-order valence-electron chi connectivity index (χ1n) is 8.98. The van der Waals surface area contributed by atoms with E-state index in [-0.39, 0.29) is 11.8 Å². The van der Waals surface area contributed by atoms with Crippen LogP contribution in [0.3, 0.4) is 0 Å². The molecule has 0 saturated heterocycles. The summed E-state index contributed by atoms with van der Waals surface area (Å²) in [6.07, 6.45) is 0. The van der Waals surface area contributed by atoms with Gasteiger partial charge >= 0.3 is 0 Å². The minimum absolute atomic E-state index is 0.264. The molecule has 0 aliphatic heterocycles. The summed E-state index contributed by atoms with van der Waals surface area (Å²) in [6, 6.07) is 15.6. The Kier molecular flexibility index (Phi) is 5.94. The van der Waals surface area contributed by atoms with Crippen molar-refractivity contribution >= 4 is 57.5 Å². The lowest BCUT2D eigenvalue weighted by Gasteiger charge is -2.12. The van der Waals surface area contributed by atoms with Crippen molar-refractivity contribution in [3.05, 3.63) is 86.5 Å². The summed E-state index contributed by atoms with van der Waals surface area (Å²) in [5.41, 5.74) is 3.16. The number of carbonyl (C=O) groups is 2. The lowest BCUT2D eigenvalue weighted by Crippen LogP contribution is -2.16. The summed E-state index contributed by atoms with van der Waals surface area (Å²) in [5, 5.41) is 11.1. The van der Waals surface area contributed by atoms with Gasteiger partial charge in [0.1, 0.15) is 9.88 Å². The van der Waals surface area contributed by atoms with Gasteiger partial charge in [-0.1, -0.05) is 23.7 Å². The van der Waals surface area contributed by atoms with Gasteiger partial charge in [0, 0.05) is 21.5 Å². The fourth-order valence-corrected chi connectivity index (χ4v) is 4.59. The number of hydrogen-bond donors (Lipinski definition) is 2. The van der Waals surface area contributed by atoms with Gasteiger partial charge in [0.25, 0.3) is 11.8 Å². The summed E-state index contributed by atoms with van der Waals surface area (Å²) in [6.45, 7) is 1.81. The number of nitrogens with zero attached hydrogens (tertiary/aromatic N) is 1. The molecule has 2 N–H and O–H groups in total. The number of aromatic nitrogens is 1. The number of nitrogens with one attached hydrogen (secondary N) is 2. The second-order valence-electron chi connectivity index (χ2n) is 6.41. The highest BCUT2D eigenvalue weighted by Crippen LogP contribution is 2.31. The van der Waals surface area contributed by atoms with Crippen LogP contribution in [0, 0.1) is 6.92 Å². The molecule has 0 aliphatic carbocycles. The second-order valence-corrected chi connectivity index (χ2v) is 8.62. The molecule has 0 radical (unpaired) electrons. The number of carbonyl (C=O) groups excluding carboxylic acids is 2. The number of rotatable bonds is 5. The zero-order valence-corrected chi connectivity index (χ0v) is 18.2. The van der Waals surface area contributed by atoms with Gasteiger partial charge in [0.2, 0.25) is 0 Å². The summed E-state index contributed by atoms with van der Waals surface area (Å²) in [7, 11) is 0. The molecule has 2 heterocycles. The number of thiazole rings is 1. The van der Waals surface area contributed by atoms with Crippen LogP contribution in [0.25, 0.3) is 10.6 Å². The first-order valence-corrected chi connectivity index (χ1v) is 11.1. The van der Waals surface area contributed by atoms with Crippen LogP contribution in [0.15, 0.2) is 65.4 Å². The van der Waals surface area contributed by atoms with E-state index < -0.39 is 0 Å². The van der Waals surface area contributed by atoms with E-state index in [1.54, 1.807) is 59.9 Å². The molecule has 2 aromatic heterocycles. The maximum Gasteiger partial charge on any atom is 0.267 e. The number of halogens is 1. The smallest absolute Gasteiger partial charge is 0.267 e. The summed E-state index contributed by atoms with van der Waals surface area (Å²) < 4.78 is 0. The van der Waals surface area contributed by atoms with Crippen molar-refractivity contribution in [2.24, 2.45) is 0 Å². The van der Waals surface area contributed by atoms with Crippen molar-refractivity contribution in [2.75, 3.05) is 10.6 Å². The Hall–Kier alpha value is -3.00. The molecule has 2 aromatic carbocycles. The second kappa shape index (κ2) is 8.79. The summed E-state index contributed by atoms with van der Waals surface area (Å²) >= 11 is 8.81. The summed E-state index contributed by atoms with van der Waals surface area (Å²) in [4.78, 5) is 30.5. The van der Waals surface area contributed by atoms with E-state index in [1.807, 2.05) is 23.8 Å². The number of thiophene rings is 1. The molecule has 0 bridgehead atoms. The third-order valence-corrected chi connectivity index (χ3v) is 6.44. The molecule has 4 aromatic rings. The molecule has 0 unspecified atom stereocenters. The lowest BCUT2D eigenvalue weighted by molar-refractivity contribution is 0.101. The normalized spacial score (nSPS) is 10.6.